The number of nitrogens with zero attached hydrogens (tertiary/aromatic N) is 3. The summed E-state index contributed by atoms with van der Waals surface area (Å²) in [6, 6.07) is 3.68. The number of aromatic amines is 1. The number of pyridine rings is 1. The molecule has 76 valence electrons. The topological polar surface area (TPSA) is 97.5 Å². The Morgan fingerprint density at radius 1 is 1.40 bits per heavy atom. The van der Waals surface area contributed by atoms with E-state index in [0.717, 1.165) is 5.56 Å². The summed E-state index contributed by atoms with van der Waals surface area (Å²) < 4.78 is 0. The van der Waals surface area contributed by atoms with Gasteiger partial charge in [-0.2, -0.15) is 9.97 Å². The molecule has 0 amide bonds. The van der Waals surface area contributed by atoms with Gasteiger partial charge in [0, 0.05) is 6.20 Å². The van der Waals surface area contributed by atoms with Gasteiger partial charge in [-0.1, -0.05) is 6.07 Å². The third-order valence-electron chi connectivity index (χ3n) is 1.90. The minimum Gasteiger partial charge on any atom is -0.368 e. The van der Waals surface area contributed by atoms with E-state index < -0.39 is 5.69 Å². The summed E-state index contributed by atoms with van der Waals surface area (Å²) in [5, 5.41) is 0. The van der Waals surface area contributed by atoms with E-state index in [1.165, 1.54) is 0 Å². The highest BCUT2D eigenvalue weighted by atomic mass is 16.1. The Balaban J connectivity index is 2.64. The number of hydrogen-bond donors (Lipinski definition) is 2. The molecule has 0 aliphatic rings. The van der Waals surface area contributed by atoms with Crippen molar-refractivity contribution >= 4 is 5.95 Å². The zero-order valence-corrected chi connectivity index (χ0v) is 8.06. The van der Waals surface area contributed by atoms with E-state index >= 15 is 0 Å². The fourth-order valence-electron chi connectivity index (χ4n) is 1.25. The molecule has 2 aromatic rings. The lowest BCUT2D eigenvalue weighted by Crippen LogP contribution is -2.16. The Labute approximate surface area is 85.2 Å². The molecule has 2 aromatic heterocycles. The van der Waals surface area contributed by atoms with Crippen LogP contribution in [0.3, 0.4) is 0 Å². The summed E-state index contributed by atoms with van der Waals surface area (Å²) in [4.78, 5) is 25.0. The third-order valence-corrected chi connectivity index (χ3v) is 1.90. The minimum absolute atomic E-state index is 0.0567. The molecule has 0 bridgehead atoms. The number of nitrogens with two attached hydrogens (primary N) is 1. The Morgan fingerprint density at radius 2 is 2.20 bits per heavy atom. The maximum absolute atomic E-state index is 11.1. The van der Waals surface area contributed by atoms with Crippen LogP contribution in [-0.2, 0) is 0 Å². The second kappa shape index (κ2) is 3.49. The molecule has 0 aliphatic heterocycles. The average Bonchev–Trinajstić information content (AvgIpc) is 2.16. The molecule has 0 radical (unpaired) electrons. The number of nitrogens with one attached hydrogen (secondary N) is 1. The molecule has 0 fully saturated rings. The van der Waals surface area contributed by atoms with Gasteiger partial charge in [0.15, 0.2) is 5.82 Å². The quantitative estimate of drug-likeness (QED) is 0.685. The Morgan fingerprint density at radius 3 is 2.87 bits per heavy atom. The van der Waals surface area contributed by atoms with Crippen molar-refractivity contribution in [3.63, 3.8) is 0 Å². The summed E-state index contributed by atoms with van der Waals surface area (Å²) in [6.07, 6.45) is 1.62. The van der Waals surface area contributed by atoms with Crippen LogP contribution in [0.2, 0.25) is 0 Å². The largest absolute Gasteiger partial charge is 0.368 e. The van der Waals surface area contributed by atoms with Crippen molar-refractivity contribution in [1.82, 2.24) is 19.9 Å². The van der Waals surface area contributed by atoms with Crippen LogP contribution in [-0.4, -0.2) is 19.9 Å². The molecule has 2 rings (SSSR count). The summed E-state index contributed by atoms with van der Waals surface area (Å²) in [5.74, 6) is 0.282. The molecule has 0 unspecified atom stereocenters. The van der Waals surface area contributed by atoms with Crippen LogP contribution in [0.25, 0.3) is 11.5 Å². The first-order valence-corrected chi connectivity index (χ1v) is 4.32. The normalized spacial score (nSPS) is 10.2. The van der Waals surface area contributed by atoms with Gasteiger partial charge in [0.05, 0.1) is 0 Å². The van der Waals surface area contributed by atoms with Crippen molar-refractivity contribution in [2.24, 2.45) is 0 Å². The van der Waals surface area contributed by atoms with Gasteiger partial charge in [0.2, 0.25) is 5.95 Å². The van der Waals surface area contributed by atoms with Gasteiger partial charge < -0.3 is 5.73 Å². The lowest BCUT2D eigenvalue weighted by molar-refractivity contribution is 0.995. The Hall–Kier alpha value is -2.24. The molecule has 6 nitrogen and oxygen atoms in total. The summed E-state index contributed by atoms with van der Waals surface area (Å²) in [5.41, 5.74) is 6.36. The first-order chi connectivity index (χ1) is 7.16. The van der Waals surface area contributed by atoms with Crippen molar-refractivity contribution in [2.45, 2.75) is 6.92 Å². The van der Waals surface area contributed by atoms with Gasteiger partial charge in [0.1, 0.15) is 5.69 Å². The van der Waals surface area contributed by atoms with E-state index in [2.05, 4.69) is 19.9 Å². The average molecular weight is 203 g/mol. The van der Waals surface area contributed by atoms with Gasteiger partial charge >= 0.3 is 5.69 Å². The molecule has 2 heterocycles. The molecular formula is C9H9N5O. The summed E-state index contributed by atoms with van der Waals surface area (Å²) >= 11 is 0. The number of nitrogen functional groups attached to an aromatic ring is 1. The number of H-pyrrole nitrogens is 1. The van der Waals surface area contributed by atoms with Crippen LogP contribution in [0.15, 0.2) is 23.1 Å². The van der Waals surface area contributed by atoms with E-state index in [9.17, 15) is 4.79 Å². The molecule has 15 heavy (non-hydrogen) atoms. The molecule has 3 N–H and O–H groups in total. The van der Waals surface area contributed by atoms with E-state index in [0.29, 0.717) is 11.5 Å². The van der Waals surface area contributed by atoms with Crippen LogP contribution in [0.4, 0.5) is 5.95 Å². The monoisotopic (exact) mass is 203 g/mol. The van der Waals surface area contributed by atoms with Crippen molar-refractivity contribution in [2.75, 3.05) is 5.73 Å². The second-order valence-electron chi connectivity index (χ2n) is 3.03. The highest BCUT2D eigenvalue weighted by Crippen LogP contribution is 2.14. The molecule has 6 heteroatoms. The predicted molar refractivity (Wildman–Crippen MR) is 55.0 cm³/mol. The minimum atomic E-state index is -0.525. The second-order valence-corrected chi connectivity index (χ2v) is 3.03. The van der Waals surface area contributed by atoms with Crippen molar-refractivity contribution in [3.8, 4) is 11.5 Å². The van der Waals surface area contributed by atoms with Crippen LogP contribution in [0.5, 0.6) is 0 Å². The first-order valence-electron chi connectivity index (χ1n) is 4.32. The number of anilines is 1. The molecular weight excluding hydrogens is 194 g/mol. The van der Waals surface area contributed by atoms with Gasteiger partial charge in [-0.15, -0.1) is 0 Å². The lowest BCUT2D eigenvalue weighted by Gasteiger charge is -2.02. The predicted octanol–water partition coefficient (Wildman–Crippen LogP) is 0.118. The number of aromatic nitrogens is 4. The molecule has 0 aliphatic carbocycles. The number of hydrogen-bond acceptors (Lipinski definition) is 5. The molecule has 0 atom stereocenters. The molecule has 0 spiro atoms. The van der Waals surface area contributed by atoms with E-state index in [4.69, 9.17) is 5.73 Å². The summed E-state index contributed by atoms with van der Waals surface area (Å²) in [7, 11) is 0. The first kappa shape index (κ1) is 9.32. The standard InChI is InChI=1S/C9H9N5O/c1-5-3-2-4-11-6(5)7-12-8(10)14-9(15)13-7/h2-4H,1H3,(H3,10,12,13,14,15). The molecule has 0 aromatic carbocycles. The third kappa shape index (κ3) is 1.83. The fourth-order valence-corrected chi connectivity index (χ4v) is 1.25. The van der Waals surface area contributed by atoms with Gasteiger partial charge in [-0.25, -0.2) is 4.79 Å². The van der Waals surface area contributed by atoms with Crippen LogP contribution >= 0.6 is 0 Å². The number of aryl methyl sites for hydroxylation is 1. The maximum Gasteiger partial charge on any atom is 0.349 e. The van der Waals surface area contributed by atoms with Crippen LogP contribution < -0.4 is 11.4 Å². The highest BCUT2D eigenvalue weighted by Gasteiger charge is 2.06. The van der Waals surface area contributed by atoms with Crippen LogP contribution in [0.1, 0.15) is 5.56 Å². The highest BCUT2D eigenvalue weighted by molar-refractivity contribution is 5.54. The zero-order chi connectivity index (χ0) is 10.8. The van der Waals surface area contributed by atoms with Crippen molar-refractivity contribution < 1.29 is 0 Å². The van der Waals surface area contributed by atoms with E-state index in [1.54, 1.807) is 6.20 Å². The van der Waals surface area contributed by atoms with Crippen LogP contribution in [0, 0.1) is 6.92 Å². The summed E-state index contributed by atoms with van der Waals surface area (Å²) in [6.45, 7) is 1.87. The SMILES string of the molecule is Cc1cccnc1-c1nc(N)nc(=O)[nH]1. The molecule has 0 saturated carbocycles. The van der Waals surface area contributed by atoms with Gasteiger partial charge in [0.25, 0.3) is 0 Å². The zero-order valence-electron chi connectivity index (χ0n) is 8.06. The van der Waals surface area contributed by atoms with Crippen molar-refractivity contribution in [1.29, 1.82) is 0 Å². The van der Waals surface area contributed by atoms with Gasteiger partial charge in [-0.3, -0.25) is 9.97 Å². The number of rotatable bonds is 1. The Kier molecular flexibility index (Phi) is 2.17. The van der Waals surface area contributed by atoms with Crippen molar-refractivity contribution in [3.05, 3.63) is 34.4 Å². The van der Waals surface area contributed by atoms with E-state index in [1.807, 2.05) is 19.1 Å². The fraction of sp³-hybridized carbons (Fsp3) is 0.111. The van der Waals surface area contributed by atoms with Gasteiger partial charge in [-0.05, 0) is 18.6 Å². The molecule has 0 saturated heterocycles. The maximum atomic E-state index is 11.1. The Bertz CT molecular complexity index is 548. The smallest absolute Gasteiger partial charge is 0.349 e. The lowest BCUT2D eigenvalue weighted by atomic mass is 10.2. The van der Waals surface area contributed by atoms with E-state index in [-0.39, 0.29) is 5.95 Å².